The Morgan fingerprint density at radius 2 is 1.95 bits per heavy atom. The summed E-state index contributed by atoms with van der Waals surface area (Å²) in [5.41, 5.74) is 1.45. The molecule has 0 radical (unpaired) electrons. The van der Waals surface area contributed by atoms with E-state index >= 15 is 0 Å². The summed E-state index contributed by atoms with van der Waals surface area (Å²) in [6.07, 6.45) is 4.16. The highest BCUT2D eigenvalue weighted by atomic mass is 16.5. The predicted molar refractivity (Wildman–Crippen MR) is 80.6 cm³/mol. The maximum Gasteiger partial charge on any atom is 0.305 e. The Morgan fingerprint density at radius 3 is 2.60 bits per heavy atom. The van der Waals surface area contributed by atoms with Crippen molar-refractivity contribution < 1.29 is 9.53 Å². The number of benzene rings is 1. The van der Waals surface area contributed by atoms with Crippen molar-refractivity contribution in [2.75, 3.05) is 26.2 Å². The van der Waals surface area contributed by atoms with Gasteiger partial charge < -0.3 is 4.74 Å². The summed E-state index contributed by atoms with van der Waals surface area (Å²) in [5.74, 6) is 0.704. The lowest BCUT2D eigenvalue weighted by Gasteiger charge is -2.31. The smallest absolute Gasteiger partial charge is 0.305 e. The molecular formula is C17H25NO2. The molecule has 1 fully saturated rings. The molecule has 110 valence electrons. The Kier molecular flexibility index (Phi) is 6.06. The Bertz CT molecular complexity index is 397. The fourth-order valence-electron chi connectivity index (χ4n) is 2.75. The fraction of sp³-hybridized carbons (Fsp3) is 0.588. The number of nitrogens with zero attached hydrogens (tertiary/aromatic N) is 1. The first-order valence-electron chi connectivity index (χ1n) is 7.70. The van der Waals surface area contributed by atoms with E-state index in [0.717, 1.165) is 25.6 Å². The molecule has 0 bridgehead atoms. The van der Waals surface area contributed by atoms with Crippen LogP contribution in [0.15, 0.2) is 30.3 Å². The van der Waals surface area contributed by atoms with Gasteiger partial charge in [0.2, 0.25) is 0 Å². The van der Waals surface area contributed by atoms with Crippen LogP contribution in [-0.2, 0) is 16.0 Å². The molecule has 1 heterocycles. The first-order valence-corrected chi connectivity index (χ1v) is 7.70. The van der Waals surface area contributed by atoms with Gasteiger partial charge in [-0.2, -0.15) is 0 Å². The normalized spacial score (nSPS) is 17.1. The van der Waals surface area contributed by atoms with Crippen LogP contribution in [0.2, 0.25) is 0 Å². The summed E-state index contributed by atoms with van der Waals surface area (Å²) in [6, 6.07) is 10.7. The molecule has 0 aliphatic carbocycles. The minimum Gasteiger partial charge on any atom is -0.464 e. The van der Waals surface area contributed by atoms with Crippen molar-refractivity contribution in [3.05, 3.63) is 35.9 Å². The third kappa shape index (κ3) is 4.97. The van der Waals surface area contributed by atoms with Crippen LogP contribution in [0, 0.1) is 5.92 Å². The number of carbonyl (C=O) groups excluding carboxylic acids is 1. The molecule has 3 heteroatoms. The van der Waals surface area contributed by atoms with E-state index in [4.69, 9.17) is 4.74 Å². The average molecular weight is 275 g/mol. The molecule has 0 spiro atoms. The number of likely N-dealkylation sites (tertiary alicyclic amines) is 1. The van der Waals surface area contributed by atoms with Crippen LogP contribution in [-0.4, -0.2) is 37.1 Å². The fourth-order valence-corrected chi connectivity index (χ4v) is 2.75. The van der Waals surface area contributed by atoms with E-state index in [9.17, 15) is 4.79 Å². The summed E-state index contributed by atoms with van der Waals surface area (Å²) in [4.78, 5) is 13.5. The Balaban J connectivity index is 1.64. The van der Waals surface area contributed by atoms with Gasteiger partial charge in [0.05, 0.1) is 0 Å². The second-order valence-electron chi connectivity index (χ2n) is 5.55. The Morgan fingerprint density at radius 1 is 1.25 bits per heavy atom. The van der Waals surface area contributed by atoms with Gasteiger partial charge in [0, 0.05) is 13.0 Å². The lowest BCUT2D eigenvalue weighted by atomic mass is 9.90. The third-order valence-corrected chi connectivity index (χ3v) is 4.03. The van der Waals surface area contributed by atoms with Crippen LogP contribution in [0.5, 0.6) is 0 Å². The number of carbonyl (C=O) groups is 1. The summed E-state index contributed by atoms with van der Waals surface area (Å²) in [5, 5.41) is 0. The molecule has 3 nitrogen and oxygen atoms in total. The minimum absolute atomic E-state index is 0.0936. The van der Waals surface area contributed by atoms with Gasteiger partial charge >= 0.3 is 5.97 Å². The monoisotopic (exact) mass is 275 g/mol. The molecule has 2 rings (SSSR count). The zero-order valence-corrected chi connectivity index (χ0v) is 12.4. The zero-order valence-electron chi connectivity index (χ0n) is 12.4. The van der Waals surface area contributed by atoms with Gasteiger partial charge in [0.25, 0.3) is 0 Å². The van der Waals surface area contributed by atoms with Crippen molar-refractivity contribution in [1.82, 2.24) is 4.90 Å². The molecule has 1 aliphatic heterocycles. The molecule has 20 heavy (non-hydrogen) atoms. The Labute approximate surface area is 121 Å². The lowest BCUT2D eigenvalue weighted by molar-refractivity contribution is -0.143. The second kappa shape index (κ2) is 8.05. The number of rotatable bonds is 6. The van der Waals surface area contributed by atoms with Crippen LogP contribution in [0.1, 0.15) is 31.7 Å². The summed E-state index contributed by atoms with van der Waals surface area (Å²) in [6.45, 7) is 5.50. The highest BCUT2D eigenvalue weighted by molar-refractivity contribution is 5.68. The van der Waals surface area contributed by atoms with Crippen molar-refractivity contribution >= 4 is 5.97 Å². The molecule has 0 N–H and O–H groups in total. The standard InChI is InChI=1S/C17H25NO2/c1-2-17(19)20-13-12-18-10-8-16(9-11-18)14-15-6-4-3-5-7-15/h3-7,16H,2,8-14H2,1H3. The molecule has 0 unspecified atom stereocenters. The molecule has 0 saturated carbocycles. The van der Waals surface area contributed by atoms with E-state index in [1.54, 1.807) is 0 Å². The van der Waals surface area contributed by atoms with Gasteiger partial charge in [-0.3, -0.25) is 9.69 Å². The van der Waals surface area contributed by atoms with Crippen molar-refractivity contribution in [3.63, 3.8) is 0 Å². The van der Waals surface area contributed by atoms with Gasteiger partial charge in [-0.05, 0) is 43.8 Å². The van der Waals surface area contributed by atoms with Crippen molar-refractivity contribution in [2.24, 2.45) is 5.92 Å². The third-order valence-electron chi connectivity index (χ3n) is 4.03. The summed E-state index contributed by atoms with van der Waals surface area (Å²) >= 11 is 0. The number of hydrogen-bond donors (Lipinski definition) is 0. The van der Waals surface area contributed by atoms with Crippen molar-refractivity contribution in [1.29, 1.82) is 0 Å². The minimum atomic E-state index is -0.0936. The highest BCUT2D eigenvalue weighted by Gasteiger charge is 2.19. The van der Waals surface area contributed by atoms with Gasteiger partial charge in [0.1, 0.15) is 6.61 Å². The van der Waals surface area contributed by atoms with Crippen molar-refractivity contribution in [3.8, 4) is 0 Å². The van der Waals surface area contributed by atoms with Crippen LogP contribution >= 0.6 is 0 Å². The molecule has 1 aromatic carbocycles. The molecule has 1 saturated heterocycles. The molecule has 1 aliphatic rings. The van der Waals surface area contributed by atoms with Gasteiger partial charge in [-0.1, -0.05) is 37.3 Å². The number of esters is 1. The summed E-state index contributed by atoms with van der Waals surface area (Å²) < 4.78 is 5.14. The van der Waals surface area contributed by atoms with E-state index in [1.165, 1.54) is 24.8 Å². The first kappa shape index (κ1) is 15.0. The largest absolute Gasteiger partial charge is 0.464 e. The number of piperidine rings is 1. The van der Waals surface area contributed by atoms with Gasteiger partial charge in [-0.15, -0.1) is 0 Å². The van der Waals surface area contributed by atoms with Crippen LogP contribution in [0.25, 0.3) is 0 Å². The molecule has 1 aromatic rings. The van der Waals surface area contributed by atoms with Crippen molar-refractivity contribution in [2.45, 2.75) is 32.6 Å². The van der Waals surface area contributed by atoms with Crippen LogP contribution < -0.4 is 0 Å². The lowest BCUT2D eigenvalue weighted by Crippen LogP contribution is -2.36. The van der Waals surface area contributed by atoms with Crippen LogP contribution in [0.4, 0.5) is 0 Å². The maximum atomic E-state index is 11.1. The Hall–Kier alpha value is -1.35. The van der Waals surface area contributed by atoms with E-state index in [0.29, 0.717) is 13.0 Å². The predicted octanol–water partition coefficient (Wildman–Crippen LogP) is 2.89. The van der Waals surface area contributed by atoms with E-state index in [-0.39, 0.29) is 5.97 Å². The maximum absolute atomic E-state index is 11.1. The van der Waals surface area contributed by atoms with Crippen LogP contribution in [0.3, 0.4) is 0 Å². The SMILES string of the molecule is CCC(=O)OCCN1CCC(Cc2ccccc2)CC1. The van der Waals surface area contributed by atoms with Gasteiger partial charge in [-0.25, -0.2) is 0 Å². The zero-order chi connectivity index (χ0) is 14.2. The molecular weight excluding hydrogens is 250 g/mol. The molecule has 0 amide bonds. The summed E-state index contributed by atoms with van der Waals surface area (Å²) in [7, 11) is 0. The number of hydrogen-bond acceptors (Lipinski definition) is 3. The second-order valence-corrected chi connectivity index (χ2v) is 5.55. The first-order chi connectivity index (χ1) is 9.78. The van der Waals surface area contributed by atoms with E-state index in [2.05, 4.69) is 35.2 Å². The highest BCUT2D eigenvalue weighted by Crippen LogP contribution is 2.21. The average Bonchev–Trinajstić information content (AvgIpc) is 2.50. The van der Waals surface area contributed by atoms with E-state index in [1.807, 2.05) is 6.92 Å². The number of ether oxygens (including phenoxy) is 1. The van der Waals surface area contributed by atoms with Gasteiger partial charge in [0.15, 0.2) is 0 Å². The van der Waals surface area contributed by atoms with E-state index < -0.39 is 0 Å². The topological polar surface area (TPSA) is 29.5 Å². The molecule has 0 atom stereocenters. The quantitative estimate of drug-likeness (QED) is 0.748. The molecule has 0 aromatic heterocycles.